The zero-order valence-corrected chi connectivity index (χ0v) is 11.7. The Morgan fingerprint density at radius 1 is 1.12 bits per heavy atom. The Balaban J connectivity index is 4.20. The zero-order valence-electron chi connectivity index (χ0n) is 11.7. The lowest BCUT2D eigenvalue weighted by atomic mass is 10.2. The van der Waals surface area contributed by atoms with Gasteiger partial charge in [-0.05, 0) is 27.2 Å². The van der Waals surface area contributed by atoms with Crippen LogP contribution in [0.5, 0.6) is 0 Å². The van der Waals surface area contributed by atoms with E-state index in [0.717, 1.165) is 6.42 Å². The quantitative estimate of drug-likeness (QED) is 0.708. The first-order chi connectivity index (χ1) is 7.79. The first-order valence-corrected chi connectivity index (χ1v) is 6.07. The molecule has 5 nitrogen and oxygen atoms in total. The van der Waals surface area contributed by atoms with Gasteiger partial charge in [0.15, 0.2) is 0 Å². The van der Waals surface area contributed by atoms with E-state index in [0.29, 0.717) is 0 Å². The first kappa shape index (κ1) is 15.9. The monoisotopic (exact) mass is 243 g/mol. The van der Waals surface area contributed by atoms with Crippen LogP contribution in [-0.4, -0.2) is 48.9 Å². The molecule has 5 heteroatoms. The minimum absolute atomic E-state index is 0.0341. The molecule has 2 N–H and O–H groups in total. The third-order valence-corrected chi connectivity index (χ3v) is 2.71. The molecule has 3 unspecified atom stereocenters. The largest absolute Gasteiger partial charge is 0.352 e. The predicted molar refractivity (Wildman–Crippen MR) is 68.6 cm³/mol. The predicted octanol–water partition coefficient (Wildman–Crippen LogP) is 0.356. The highest BCUT2D eigenvalue weighted by Crippen LogP contribution is 1.94. The van der Waals surface area contributed by atoms with Crippen molar-refractivity contribution in [2.75, 3.05) is 14.1 Å². The molecule has 0 spiro atoms. The van der Waals surface area contributed by atoms with Gasteiger partial charge in [-0.2, -0.15) is 0 Å². The summed E-state index contributed by atoms with van der Waals surface area (Å²) in [5.74, 6) is -0.106. The lowest BCUT2D eigenvalue weighted by Gasteiger charge is -2.23. The molecule has 0 saturated carbocycles. The molecule has 0 aromatic rings. The van der Waals surface area contributed by atoms with Gasteiger partial charge < -0.3 is 10.2 Å². The van der Waals surface area contributed by atoms with Crippen LogP contribution in [0.1, 0.15) is 34.1 Å². The molecule has 0 bridgehead atoms. The lowest BCUT2D eigenvalue weighted by molar-refractivity contribution is -0.131. The van der Waals surface area contributed by atoms with Crippen molar-refractivity contribution in [2.45, 2.75) is 52.2 Å². The number of amides is 2. The second kappa shape index (κ2) is 7.27. The Morgan fingerprint density at radius 3 is 2.06 bits per heavy atom. The lowest BCUT2D eigenvalue weighted by Crippen LogP contribution is -2.52. The van der Waals surface area contributed by atoms with Gasteiger partial charge in [-0.1, -0.05) is 6.92 Å². The SMILES string of the molecule is CCC(C)NC(=O)C(C)NC(C)C(=O)N(C)C. The summed E-state index contributed by atoms with van der Waals surface area (Å²) in [5, 5.41) is 5.86. The molecule has 0 radical (unpaired) electrons. The van der Waals surface area contributed by atoms with Crippen LogP contribution in [0.4, 0.5) is 0 Å². The van der Waals surface area contributed by atoms with Gasteiger partial charge in [-0.3, -0.25) is 14.9 Å². The molecule has 0 saturated heterocycles. The van der Waals surface area contributed by atoms with Crippen LogP contribution in [0.25, 0.3) is 0 Å². The number of carbonyl (C=O) groups excluding carboxylic acids is 2. The van der Waals surface area contributed by atoms with E-state index in [-0.39, 0.29) is 29.9 Å². The minimum atomic E-state index is -0.372. The van der Waals surface area contributed by atoms with Crippen molar-refractivity contribution in [2.24, 2.45) is 0 Å². The Morgan fingerprint density at radius 2 is 1.65 bits per heavy atom. The summed E-state index contributed by atoms with van der Waals surface area (Å²) in [6, 6.07) is -0.572. The van der Waals surface area contributed by atoms with Crippen LogP contribution in [0.15, 0.2) is 0 Å². The molecule has 0 heterocycles. The van der Waals surface area contributed by atoms with Crippen molar-refractivity contribution >= 4 is 11.8 Å². The van der Waals surface area contributed by atoms with E-state index in [9.17, 15) is 9.59 Å². The number of likely N-dealkylation sites (N-methyl/N-ethyl adjacent to an activating group) is 1. The fourth-order valence-corrected chi connectivity index (χ4v) is 1.38. The number of hydrogen-bond donors (Lipinski definition) is 2. The van der Waals surface area contributed by atoms with Crippen molar-refractivity contribution in [1.82, 2.24) is 15.5 Å². The molecule has 0 rings (SSSR count). The standard InChI is InChI=1S/C12H25N3O2/c1-7-8(2)13-11(16)9(3)14-10(4)12(17)15(5)6/h8-10,14H,7H2,1-6H3,(H,13,16). The average Bonchev–Trinajstić information content (AvgIpc) is 2.27. The molecule has 0 aliphatic heterocycles. The van der Waals surface area contributed by atoms with Gasteiger partial charge in [0.2, 0.25) is 11.8 Å². The van der Waals surface area contributed by atoms with E-state index in [1.165, 1.54) is 4.90 Å². The van der Waals surface area contributed by atoms with Gasteiger partial charge in [-0.25, -0.2) is 0 Å². The molecule has 0 aliphatic rings. The van der Waals surface area contributed by atoms with Crippen LogP contribution in [0.2, 0.25) is 0 Å². The third-order valence-electron chi connectivity index (χ3n) is 2.71. The fraction of sp³-hybridized carbons (Fsp3) is 0.833. The zero-order chi connectivity index (χ0) is 13.6. The van der Waals surface area contributed by atoms with E-state index in [1.54, 1.807) is 27.9 Å². The van der Waals surface area contributed by atoms with Gasteiger partial charge in [0, 0.05) is 20.1 Å². The van der Waals surface area contributed by atoms with E-state index in [2.05, 4.69) is 10.6 Å². The molecule has 0 aliphatic carbocycles. The molecule has 2 amide bonds. The number of carbonyl (C=O) groups is 2. The van der Waals surface area contributed by atoms with Crippen molar-refractivity contribution in [3.8, 4) is 0 Å². The topological polar surface area (TPSA) is 61.4 Å². The fourth-order valence-electron chi connectivity index (χ4n) is 1.38. The highest BCUT2D eigenvalue weighted by molar-refractivity contribution is 5.84. The summed E-state index contributed by atoms with van der Waals surface area (Å²) < 4.78 is 0. The molecule has 3 atom stereocenters. The second-order valence-electron chi connectivity index (χ2n) is 4.66. The Labute approximate surface area is 104 Å². The van der Waals surface area contributed by atoms with Crippen LogP contribution in [0, 0.1) is 0 Å². The molecule has 100 valence electrons. The number of hydrogen-bond acceptors (Lipinski definition) is 3. The smallest absolute Gasteiger partial charge is 0.238 e. The normalized spacial score (nSPS) is 15.9. The molecule has 0 aromatic heterocycles. The molecular formula is C12H25N3O2. The van der Waals surface area contributed by atoms with Crippen molar-refractivity contribution < 1.29 is 9.59 Å². The maximum Gasteiger partial charge on any atom is 0.238 e. The van der Waals surface area contributed by atoms with Crippen LogP contribution in [-0.2, 0) is 9.59 Å². The summed E-state index contributed by atoms with van der Waals surface area (Å²) >= 11 is 0. The summed E-state index contributed by atoms with van der Waals surface area (Å²) in [6.07, 6.45) is 0.893. The first-order valence-electron chi connectivity index (χ1n) is 6.07. The molecule has 0 aromatic carbocycles. The number of nitrogens with one attached hydrogen (secondary N) is 2. The average molecular weight is 243 g/mol. The van der Waals surface area contributed by atoms with Crippen LogP contribution < -0.4 is 10.6 Å². The van der Waals surface area contributed by atoms with E-state index >= 15 is 0 Å². The highest BCUT2D eigenvalue weighted by atomic mass is 16.2. The molecular weight excluding hydrogens is 218 g/mol. The maximum atomic E-state index is 11.7. The van der Waals surface area contributed by atoms with Gasteiger partial charge in [0.1, 0.15) is 0 Å². The second-order valence-corrected chi connectivity index (χ2v) is 4.66. The number of rotatable bonds is 6. The van der Waals surface area contributed by atoms with Gasteiger partial charge in [0.05, 0.1) is 12.1 Å². The molecule has 0 fully saturated rings. The Hall–Kier alpha value is -1.10. The summed E-state index contributed by atoms with van der Waals surface area (Å²) in [4.78, 5) is 24.9. The summed E-state index contributed by atoms with van der Waals surface area (Å²) in [6.45, 7) is 7.49. The highest BCUT2D eigenvalue weighted by Gasteiger charge is 2.21. The third kappa shape index (κ3) is 5.68. The van der Waals surface area contributed by atoms with Crippen LogP contribution >= 0.6 is 0 Å². The van der Waals surface area contributed by atoms with E-state index in [1.807, 2.05) is 13.8 Å². The van der Waals surface area contributed by atoms with Crippen molar-refractivity contribution in [3.05, 3.63) is 0 Å². The minimum Gasteiger partial charge on any atom is -0.352 e. The molecule has 17 heavy (non-hydrogen) atoms. The van der Waals surface area contributed by atoms with E-state index in [4.69, 9.17) is 0 Å². The van der Waals surface area contributed by atoms with Crippen LogP contribution in [0.3, 0.4) is 0 Å². The maximum absolute atomic E-state index is 11.7. The van der Waals surface area contributed by atoms with Gasteiger partial charge in [0.25, 0.3) is 0 Å². The van der Waals surface area contributed by atoms with E-state index < -0.39 is 0 Å². The van der Waals surface area contributed by atoms with Gasteiger partial charge >= 0.3 is 0 Å². The van der Waals surface area contributed by atoms with Crippen molar-refractivity contribution in [3.63, 3.8) is 0 Å². The summed E-state index contributed by atoms with van der Waals surface area (Å²) in [7, 11) is 3.40. The Kier molecular flexibility index (Phi) is 6.80. The number of nitrogens with zero attached hydrogens (tertiary/aromatic N) is 1. The Bertz CT molecular complexity index is 266. The van der Waals surface area contributed by atoms with Crippen molar-refractivity contribution in [1.29, 1.82) is 0 Å². The summed E-state index contributed by atoms with van der Waals surface area (Å²) in [5.41, 5.74) is 0. The van der Waals surface area contributed by atoms with Gasteiger partial charge in [-0.15, -0.1) is 0 Å².